The molecule has 3 N–H and O–H groups in total. The van der Waals surface area contributed by atoms with Gasteiger partial charge in [0.25, 0.3) is 0 Å². The molecule has 0 aliphatic carbocycles. The van der Waals surface area contributed by atoms with E-state index in [0.29, 0.717) is 4.47 Å². The Morgan fingerprint density at radius 3 is 2.60 bits per heavy atom. The lowest BCUT2D eigenvalue weighted by atomic mass is 10.3. The average molecular weight is 206 g/mol. The molecule has 4 heteroatoms. The molecule has 0 aromatic heterocycles. The number of nitrogen functional groups attached to an aromatic ring is 1. The quantitative estimate of drug-likeness (QED) is 0.636. The molecule has 10 heavy (non-hydrogen) atoms. The molecule has 0 aliphatic rings. The fourth-order valence-electron chi connectivity index (χ4n) is 0.558. The molecule has 0 fully saturated rings. The van der Waals surface area contributed by atoms with Crippen LogP contribution in [0.1, 0.15) is 0 Å². The van der Waals surface area contributed by atoms with Crippen LogP contribution in [-0.2, 0) is 0 Å². The molecule has 0 amide bonds. The van der Waals surface area contributed by atoms with E-state index in [4.69, 9.17) is 10.8 Å². The second kappa shape index (κ2) is 2.46. The number of anilines is 1. The van der Waals surface area contributed by atoms with Gasteiger partial charge in [0.1, 0.15) is 0 Å². The molecule has 0 unspecified atom stereocenters. The highest BCUT2D eigenvalue weighted by atomic mass is 79.9. The summed E-state index contributed by atoms with van der Waals surface area (Å²) in [7, 11) is 0. The van der Waals surface area contributed by atoms with Gasteiger partial charge >= 0.3 is 0 Å². The number of rotatable bonds is 0. The predicted octanol–water partition coefficient (Wildman–Crippen LogP) is 1.88. The Bertz CT molecular complexity index is 237. The maximum atomic E-state index is 12.6. The van der Waals surface area contributed by atoms with Crippen molar-refractivity contribution in [1.29, 1.82) is 0 Å². The summed E-state index contributed by atoms with van der Waals surface area (Å²) < 4.78 is 13.0. The number of hydrogen-bond donors (Lipinski definition) is 2. The number of aromatic hydroxyl groups is 1. The van der Waals surface area contributed by atoms with Crippen LogP contribution in [0.15, 0.2) is 16.6 Å². The summed E-state index contributed by atoms with van der Waals surface area (Å²) in [4.78, 5) is 0. The van der Waals surface area contributed by atoms with Gasteiger partial charge in [-0.05, 0) is 28.1 Å². The SMILES string of the molecule is Nc1c(Br)ccc(O)c1F. The van der Waals surface area contributed by atoms with Gasteiger partial charge in [0.05, 0.1) is 5.69 Å². The van der Waals surface area contributed by atoms with Gasteiger partial charge in [-0.15, -0.1) is 0 Å². The van der Waals surface area contributed by atoms with E-state index in [0.717, 1.165) is 0 Å². The molecule has 0 bridgehead atoms. The fourth-order valence-corrected chi connectivity index (χ4v) is 0.864. The Kier molecular flexibility index (Phi) is 1.80. The van der Waals surface area contributed by atoms with E-state index in [-0.39, 0.29) is 5.69 Å². The van der Waals surface area contributed by atoms with Gasteiger partial charge in [-0.1, -0.05) is 0 Å². The minimum absolute atomic E-state index is 0.0694. The van der Waals surface area contributed by atoms with Gasteiger partial charge in [0, 0.05) is 4.47 Å². The van der Waals surface area contributed by atoms with Crippen LogP contribution in [0.4, 0.5) is 10.1 Å². The molecule has 1 aromatic rings. The van der Waals surface area contributed by atoms with Crippen molar-refractivity contribution in [2.75, 3.05) is 5.73 Å². The topological polar surface area (TPSA) is 46.2 Å². The van der Waals surface area contributed by atoms with E-state index in [1.165, 1.54) is 12.1 Å². The second-order valence-electron chi connectivity index (χ2n) is 1.79. The number of nitrogens with two attached hydrogens (primary N) is 1. The molecule has 0 aliphatic heterocycles. The molecular formula is C6H5BrFNO. The molecule has 0 radical (unpaired) electrons. The summed E-state index contributed by atoms with van der Waals surface area (Å²) in [5, 5.41) is 8.75. The predicted molar refractivity (Wildman–Crippen MR) is 40.2 cm³/mol. The van der Waals surface area contributed by atoms with Crippen LogP contribution in [0.2, 0.25) is 0 Å². The van der Waals surface area contributed by atoms with Crippen LogP contribution in [0.5, 0.6) is 5.75 Å². The molecule has 2 nitrogen and oxygen atoms in total. The third-order valence-electron chi connectivity index (χ3n) is 1.11. The number of phenolic OH excluding ortho intramolecular Hbond substituents is 1. The zero-order chi connectivity index (χ0) is 7.72. The van der Waals surface area contributed by atoms with Crippen molar-refractivity contribution in [3.8, 4) is 5.75 Å². The maximum absolute atomic E-state index is 12.6. The van der Waals surface area contributed by atoms with Gasteiger partial charge in [-0.25, -0.2) is 4.39 Å². The second-order valence-corrected chi connectivity index (χ2v) is 2.65. The Morgan fingerprint density at radius 1 is 1.50 bits per heavy atom. The largest absolute Gasteiger partial charge is 0.505 e. The minimum Gasteiger partial charge on any atom is -0.505 e. The molecule has 1 aromatic carbocycles. The molecule has 0 saturated carbocycles. The number of phenols is 1. The Morgan fingerprint density at radius 2 is 2.10 bits per heavy atom. The summed E-state index contributed by atoms with van der Waals surface area (Å²) in [5.74, 6) is -1.21. The van der Waals surface area contributed by atoms with Crippen molar-refractivity contribution < 1.29 is 9.50 Å². The zero-order valence-corrected chi connectivity index (χ0v) is 6.52. The minimum atomic E-state index is -0.783. The van der Waals surface area contributed by atoms with Crippen LogP contribution in [-0.4, -0.2) is 5.11 Å². The number of hydrogen-bond acceptors (Lipinski definition) is 2. The first-order valence-electron chi connectivity index (χ1n) is 2.55. The zero-order valence-electron chi connectivity index (χ0n) is 4.94. The normalized spacial score (nSPS) is 9.80. The monoisotopic (exact) mass is 205 g/mol. The van der Waals surface area contributed by atoms with Gasteiger partial charge in [0.2, 0.25) is 0 Å². The molecule has 54 valence electrons. The average Bonchev–Trinajstić information content (AvgIpc) is 1.93. The van der Waals surface area contributed by atoms with E-state index in [2.05, 4.69) is 15.9 Å². The lowest BCUT2D eigenvalue weighted by molar-refractivity contribution is 0.434. The fraction of sp³-hybridized carbons (Fsp3) is 0. The molecule has 0 atom stereocenters. The summed E-state index contributed by atoms with van der Waals surface area (Å²) >= 11 is 3.00. The standard InChI is InChI=1S/C6H5BrFNO/c7-3-1-2-4(10)5(8)6(3)9/h1-2,10H,9H2. The first kappa shape index (κ1) is 7.34. The van der Waals surface area contributed by atoms with Crippen LogP contribution < -0.4 is 5.73 Å². The van der Waals surface area contributed by atoms with Gasteiger partial charge < -0.3 is 10.8 Å². The highest BCUT2D eigenvalue weighted by molar-refractivity contribution is 9.10. The van der Waals surface area contributed by atoms with Gasteiger partial charge in [-0.3, -0.25) is 0 Å². The van der Waals surface area contributed by atoms with Crippen molar-refractivity contribution in [3.63, 3.8) is 0 Å². The van der Waals surface area contributed by atoms with Crippen molar-refractivity contribution in [2.45, 2.75) is 0 Å². The van der Waals surface area contributed by atoms with Crippen LogP contribution in [0, 0.1) is 5.82 Å². The van der Waals surface area contributed by atoms with E-state index in [1.54, 1.807) is 0 Å². The van der Waals surface area contributed by atoms with Crippen LogP contribution in [0.3, 0.4) is 0 Å². The number of halogens is 2. The van der Waals surface area contributed by atoms with Crippen molar-refractivity contribution in [3.05, 3.63) is 22.4 Å². The lowest BCUT2D eigenvalue weighted by Crippen LogP contribution is -1.91. The van der Waals surface area contributed by atoms with Gasteiger partial charge in [-0.2, -0.15) is 0 Å². The van der Waals surface area contributed by atoms with Crippen molar-refractivity contribution in [2.24, 2.45) is 0 Å². The third-order valence-corrected chi connectivity index (χ3v) is 1.80. The van der Waals surface area contributed by atoms with Gasteiger partial charge in [0.15, 0.2) is 11.6 Å². The van der Waals surface area contributed by atoms with E-state index in [9.17, 15) is 4.39 Å². The van der Waals surface area contributed by atoms with Crippen LogP contribution >= 0.6 is 15.9 Å². The Balaban J connectivity index is 3.34. The summed E-state index contributed by atoms with van der Waals surface area (Å²) in [5.41, 5.74) is 5.13. The molecule has 0 spiro atoms. The lowest BCUT2D eigenvalue weighted by Gasteiger charge is -1.99. The van der Waals surface area contributed by atoms with E-state index < -0.39 is 11.6 Å². The van der Waals surface area contributed by atoms with E-state index >= 15 is 0 Å². The third kappa shape index (κ3) is 1.07. The molecule has 0 heterocycles. The molecular weight excluding hydrogens is 201 g/mol. The summed E-state index contributed by atoms with van der Waals surface area (Å²) in [6.07, 6.45) is 0. The summed E-state index contributed by atoms with van der Waals surface area (Å²) in [6.45, 7) is 0. The molecule has 1 rings (SSSR count). The molecule has 0 saturated heterocycles. The first-order valence-corrected chi connectivity index (χ1v) is 3.34. The highest BCUT2D eigenvalue weighted by Gasteiger charge is 2.06. The number of benzene rings is 1. The van der Waals surface area contributed by atoms with Crippen molar-refractivity contribution in [1.82, 2.24) is 0 Å². The van der Waals surface area contributed by atoms with E-state index in [1.807, 2.05) is 0 Å². The van der Waals surface area contributed by atoms with Crippen molar-refractivity contribution >= 4 is 21.6 Å². The van der Waals surface area contributed by atoms with Crippen LogP contribution in [0.25, 0.3) is 0 Å². The highest BCUT2D eigenvalue weighted by Crippen LogP contribution is 2.28. The maximum Gasteiger partial charge on any atom is 0.188 e. The first-order chi connectivity index (χ1) is 4.63. The Labute approximate surface area is 65.6 Å². The Hall–Kier alpha value is -0.770. The summed E-state index contributed by atoms with van der Waals surface area (Å²) in [6, 6.07) is 2.71. The smallest absolute Gasteiger partial charge is 0.188 e.